The van der Waals surface area contributed by atoms with Gasteiger partial charge in [-0.2, -0.15) is 13.2 Å². The van der Waals surface area contributed by atoms with Gasteiger partial charge in [-0.1, -0.05) is 23.7 Å². The van der Waals surface area contributed by atoms with Crippen molar-refractivity contribution < 1.29 is 18.0 Å². The average Bonchev–Trinajstić information content (AvgIpc) is 3.06. The first-order valence-corrected chi connectivity index (χ1v) is 8.89. The van der Waals surface area contributed by atoms with Gasteiger partial charge in [-0.15, -0.1) is 11.8 Å². The number of hydrogen-bond acceptors (Lipinski definition) is 2. The highest BCUT2D eigenvalue weighted by Gasteiger charge is 2.33. The standard InChI is InChI=1S/C17H14ClF3N2OS/c18-13-5-7-14(8-6-13)22-16(24)23-9-10-25-15(23)11-1-3-12(4-2-11)17(19,20)21/h1-8,15H,9-10H2,(H,22,24)/t15-/m1/s1. The number of halogens is 4. The molecule has 1 saturated heterocycles. The van der Waals surface area contributed by atoms with Gasteiger partial charge in [0.1, 0.15) is 5.37 Å². The van der Waals surface area contributed by atoms with Crippen molar-refractivity contribution in [3.63, 3.8) is 0 Å². The van der Waals surface area contributed by atoms with Crippen LogP contribution in [-0.2, 0) is 6.18 Å². The van der Waals surface area contributed by atoms with E-state index < -0.39 is 11.7 Å². The molecule has 0 aromatic heterocycles. The summed E-state index contributed by atoms with van der Waals surface area (Å²) in [7, 11) is 0. The second-order valence-electron chi connectivity index (χ2n) is 5.47. The Morgan fingerprint density at radius 2 is 1.76 bits per heavy atom. The van der Waals surface area contributed by atoms with Gasteiger partial charge in [0.15, 0.2) is 0 Å². The predicted octanol–water partition coefficient (Wildman–Crippen LogP) is 5.64. The molecule has 2 amide bonds. The zero-order valence-electron chi connectivity index (χ0n) is 12.9. The van der Waals surface area contributed by atoms with Gasteiger partial charge in [-0.05, 0) is 42.0 Å². The number of benzene rings is 2. The molecule has 132 valence electrons. The van der Waals surface area contributed by atoms with Gasteiger partial charge >= 0.3 is 12.2 Å². The van der Waals surface area contributed by atoms with E-state index in [0.717, 1.165) is 17.9 Å². The molecule has 1 atom stereocenters. The van der Waals surface area contributed by atoms with E-state index in [4.69, 9.17) is 11.6 Å². The third kappa shape index (κ3) is 4.22. The van der Waals surface area contributed by atoms with Crippen LogP contribution in [0.15, 0.2) is 48.5 Å². The topological polar surface area (TPSA) is 32.3 Å². The van der Waals surface area contributed by atoms with Crippen molar-refractivity contribution in [2.75, 3.05) is 17.6 Å². The zero-order valence-corrected chi connectivity index (χ0v) is 14.5. The van der Waals surface area contributed by atoms with Crippen LogP contribution in [0.2, 0.25) is 5.02 Å². The monoisotopic (exact) mass is 386 g/mol. The van der Waals surface area contributed by atoms with E-state index >= 15 is 0 Å². The molecule has 2 aromatic carbocycles. The number of carbonyl (C=O) groups is 1. The van der Waals surface area contributed by atoms with E-state index in [2.05, 4.69) is 5.32 Å². The number of anilines is 1. The molecule has 1 N–H and O–H groups in total. The molecule has 1 aliphatic rings. The summed E-state index contributed by atoms with van der Waals surface area (Å²) in [6, 6.07) is 11.4. The van der Waals surface area contributed by atoms with Crippen LogP contribution in [0.4, 0.5) is 23.7 Å². The fourth-order valence-corrected chi connectivity index (χ4v) is 3.90. The van der Waals surface area contributed by atoms with Crippen LogP contribution in [0.3, 0.4) is 0 Å². The Labute approximate surface area is 152 Å². The van der Waals surface area contributed by atoms with E-state index in [1.54, 1.807) is 29.2 Å². The maximum absolute atomic E-state index is 12.7. The largest absolute Gasteiger partial charge is 0.416 e. The molecular formula is C17H14ClF3N2OS. The number of rotatable bonds is 2. The van der Waals surface area contributed by atoms with Crippen LogP contribution >= 0.6 is 23.4 Å². The van der Waals surface area contributed by atoms with E-state index in [1.165, 1.54) is 23.9 Å². The first-order chi connectivity index (χ1) is 11.8. The minimum absolute atomic E-state index is 0.294. The lowest BCUT2D eigenvalue weighted by Gasteiger charge is -2.24. The Bertz CT molecular complexity index is 750. The lowest BCUT2D eigenvalue weighted by Crippen LogP contribution is -2.34. The second-order valence-corrected chi connectivity index (χ2v) is 7.10. The molecule has 2 aromatic rings. The van der Waals surface area contributed by atoms with E-state index in [1.807, 2.05) is 0 Å². The minimum Gasteiger partial charge on any atom is -0.308 e. The molecule has 0 saturated carbocycles. The molecule has 1 heterocycles. The summed E-state index contributed by atoms with van der Waals surface area (Å²) in [5, 5.41) is 3.04. The fraction of sp³-hybridized carbons (Fsp3) is 0.235. The van der Waals surface area contributed by atoms with Gasteiger partial charge in [0.25, 0.3) is 0 Å². The van der Waals surface area contributed by atoms with Gasteiger partial charge in [-0.25, -0.2) is 4.79 Å². The van der Waals surface area contributed by atoms with Gasteiger partial charge in [0.2, 0.25) is 0 Å². The number of alkyl halides is 3. The summed E-state index contributed by atoms with van der Waals surface area (Å²) < 4.78 is 38.0. The molecule has 0 aliphatic carbocycles. The van der Waals surface area contributed by atoms with Crippen molar-refractivity contribution in [3.05, 3.63) is 64.7 Å². The molecule has 1 aliphatic heterocycles. The number of thioether (sulfide) groups is 1. The summed E-state index contributed by atoms with van der Waals surface area (Å²) >= 11 is 7.34. The van der Waals surface area contributed by atoms with Crippen molar-refractivity contribution in [1.82, 2.24) is 4.90 Å². The lowest BCUT2D eigenvalue weighted by atomic mass is 10.1. The van der Waals surface area contributed by atoms with Crippen LogP contribution in [0, 0.1) is 0 Å². The molecular weight excluding hydrogens is 373 g/mol. The number of carbonyl (C=O) groups excluding carboxylic acids is 1. The molecule has 0 unspecified atom stereocenters. The van der Waals surface area contributed by atoms with Crippen molar-refractivity contribution in [2.24, 2.45) is 0 Å². The fourth-order valence-electron chi connectivity index (χ4n) is 2.52. The second kappa shape index (κ2) is 7.17. The van der Waals surface area contributed by atoms with Crippen LogP contribution in [0.5, 0.6) is 0 Å². The van der Waals surface area contributed by atoms with Gasteiger partial charge < -0.3 is 10.2 Å². The minimum atomic E-state index is -4.37. The SMILES string of the molecule is O=C(Nc1ccc(Cl)cc1)N1CCS[C@@H]1c1ccc(C(F)(F)F)cc1. The van der Waals surface area contributed by atoms with Crippen LogP contribution in [0.1, 0.15) is 16.5 Å². The molecule has 3 nitrogen and oxygen atoms in total. The molecule has 25 heavy (non-hydrogen) atoms. The maximum atomic E-state index is 12.7. The Morgan fingerprint density at radius 3 is 2.36 bits per heavy atom. The first-order valence-electron chi connectivity index (χ1n) is 7.46. The number of urea groups is 1. The van der Waals surface area contributed by atoms with E-state index in [0.29, 0.717) is 22.8 Å². The highest BCUT2D eigenvalue weighted by molar-refractivity contribution is 7.99. The van der Waals surface area contributed by atoms with Crippen LogP contribution in [0.25, 0.3) is 0 Å². The van der Waals surface area contributed by atoms with Gasteiger partial charge in [-0.3, -0.25) is 0 Å². The normalized spacial score (nSPS) is 17.6. The number of hydrogen-bond donors (Lipinski definition) is 1. The van der Waals surface area contributed by atoms with Crippen molar-refractivity contribution >= 4 is 35.1 Å². The first kappa shape index (κ1) is 17.9. The van der Waals surface area contributed by atoms with Crippen LogP contribution < -0.4 is 5.32 Å². The third-order valence-electron chi connectivity index (χ3n) is 3.77. The number of amides is 2. The molecule has 0 bridgehead atoms. The molecule has 0 spiro atoms. The highest BCUT2D eigenvalue weighted by Crippen LogP contribution is 2.39. The summed E-state index contributed by atoms with van der Waals surface area (Å²) in [6.45, 7) is 0.524. The van der Waals surface area contributed by atoms with Gasteiger partial charge in [0, 0.05) is 23.0 Å². The zero-order chi connectivity index (χ0) is 18.0. The van der Waals surface area contributed by atoms with E-state index in [-0.39, 0.29) is 11.4 Å². The molecule has 8 heteroatoms. The summed E-state index contributed by atoms with van der Waals surface area (Å²) in [5.41, 5.74) is 0.579. The summed E-state index contributed by atoms with van der Waals surface area (Å²) in [4.78, 5) is 14.1. The third-order valence-corrected chi connectivity index (χ3v) is 5.28. The molecule has 0 radical (unpaired) electrons. The Kier molecular flexibility index (Phi) is 5.15. The van der Waals surface area contributed by atoms with E-state index in [9.17, 15) is 18.0 Å². The Morgan fingerprint density at radius 1 is 1.12 bits per heavy atom. The smallest absolute Gasteiger partial charge is 0.308 e. The van der Waals surface area contributed by atoms with Crippen molar-refractivity contribution in [3.8, 4) is 0 Å². The predicted molar refractivity (Wildman–Crippen MR) is 93.8 cm³/mol. The quantitative estimate of drug-likeness (QED) is 0.724. The highest BCUT2D eigenvalue weighted by atomic mass is 35.5. The summed E-state index contributed by atoms with van der Waals surface area (Å²) in [5.74, 6) is 0.722. The molecule has 3 rings (SSSR count). The van der Waals surface area contributed by atoms with Crippen molar-refractivity contribution in [1.29, 1.82) is 0 Å². The number of nitrogens with zero attached hydrogens (tertiary/aromatic N) is 1. The van der Waals surface area contributed by atoms with Crippen molar-refractivity contribution in [2.45, 2.75) is 11.6 Å². The Hall–Kier alpha value is -1.86. The summed E-state index contributed by atoms with van der Waals surface area (Å²) in [6.07, 6.45) is -4.37. The maximum Gasteiger partial charge on any atom is 0.416 e. The van der Waals surface area contributed by atoms with Crippen LogP contribution in [-0.4, -0.2) is 23.2 Å². The van der Waals surface area contributed by atoms with Gasteiger partial charge in [0.05, 0.1) is 5.56 Å². The lowest BCUT2D eigenvalue weighted by molar-refractivity contribution is -0.137. The molecule has 1 fully saturated rings. The average molecular weight is 387 g/mol. The Balaban J connectivity index is 1.73. The number of nitrogens with one attached hydrogen (secondary N) is 1.